The van der Waals surface area contributed by atoms with Crippen LogP contribution in [0.25, 0.3) is 0 Å². The standard InChI is InChI=1S/C16H24O4/c1-16(2,3)13-4-5-14-15(20-11-10-19-14)6-7-17-8-9-18-12-13/h4-5,12H,6-11H2,1-3H3/b5-4+,13-12+. The van der Waals surface area contributed by atoms with Crippen molar-refractivity contribution in [2.24, 2.45) is 5.41 Å². The van der Waals surface area contributed by atoms with Crippen molar-refractivity contribution in [2.45, 2.75) is 27.2 Å². The van der Waals surface area contributed by atoms with E-state index in [1.807, 2.05) is 18.4 Å². The van der Waals surface area contributed by atoms with Crippen LogP contribution < -0.4 is 0 Å². The zero-order chi connectivity index (χ0) is 14.4. The van der Waals surface area contributed by atoms with Crippen molar-refractivity contribution in [3.63, 3.8) is 0 Å². The number of hydrogen-bond donors (Lipinski definition) is 0. The minimum Gasteiger partial charge on any atom is -0.498 e. The second-order valence-electron chi connectivity index (χ2n) is 5.87. The molecular formula is C16H24O4. The molecule has 2 rings (SSSR count). The highest BCUT2D eigenvalue weighted by molar-refractivity contribution is 5.29. The molecule has 0 saturated heterocycles. The second kappa shape index (κ2) is 6.84. The molecule has 0 bridgehead atoms. The SMILES string of the molecule is CC(C)(C)C1=C/OCCOCCC2=C(\C=C\1)OCCO2. The molecule has 0 unspecified atom stereocenters. The first-order valence-corrected chi connectivity index (χ1v) is 7.14. The fourth-order valence-electron chi connectivity index (χ4n) is 1.96. The largest absolute Gasteiger partial charge is 0.498 e. The van der Waals surface area contributed by atoms with Gasteiger partial charge in [-0.3, -0.25) is 0 Å². The minimum absolute atomic E-state index is 0.0116. The summed E-state index contributed by atoms with van der Waals surface area (Å²) in [5.41, 5.74) is 1.12. The predicted octanol–water partition coefficient (Wildman–Crippen LogP) is 3.17. The molecule has 20 heavy (non-hydrogen) atoms. The van der Waals surface area contributed by atoms with E-state index in [0.717, 1.165) is 23.5 Å². The molecule has 0 aromatic carbocycles. The van der Waals surface area contributed by atoms with Gasteiger partial charge >= 0.3 is 0 Å². The summed E-state index contributed by atoms with van der Waals surface area (Å²) < 4.78 is 22.5. The van der Waals surface area contributed by atoms with E-state index >= 15 is 0 Å². The zero-order valence-corrected chi connectivity index (χ0v) is 12.6. The monoisotopic (exact) mass is 280 g/mol. The molecule has 0 saturated carbocycles. The number of rotatable bonds is 0. The third-order valence-electron chi connectivity index (χ3n) is 3.20. The van der Waals surface area contributed by atoms with E-state index in [0.29, 0.717) is 33.0 Å². The van der Waals surface area contributed by atoms with Gasteiger partial charge in [0.15, 0.2) is 5.76 Å². The number of allylic oxidation sites excluding steroid dienone is 3. The molecule has 0 atom stereocenters. The normalized spacial score (nSPS) is 25.6. The summed E-state index contributed by atoms with van der Waals surface area (Å²) in [6.45, 7) is 9.44. The zero-order valence-electron chi connectivity index (χ0n) is 12.6. The maximum atomic E-state index is 5.69. The van der Waals surface area contributed by atoms with Gasteiger partial charge in [0.05, 0.1) is 19.5 Å². The predicted molar refractivity (Wildman–Crippen MR) is 77.0 cm³/mol. The Morgan fingerprint density at radius 1 is 0.900 bits per heavy atom. The average Bonchev–Trinajstić information content (AvgIpc) is 2.38. The van der Waals surface area contributed by atoms with Gasteiger partial charge in [0.2, 0.25) is 0 Å². The minimum atomic E-state index is 0.0116. The number of hydrogen-bond acceptors (Lipinski definition) is 4. The van der Waals surface area contributed by atoms with Crippen molar-refractivity contribution in [3.8, 4) is 0 Å². The molecule has 0 aromatic rings. The summed E-state index contributed by atoms with van der Waals surface area (Å²) in [5.74, 6) is 1.68. The topological polar surface area (TPSA) is 36.9 Å². The molecule has 0 spiro atoms. The second-order valence-corrected chi connectivity index (χ2v) is 5.87. The van der Waals surface area contributed by atoms with E-state index in [1.54, 1.807) is 0 Å². The Hall–Kier alpha value is -1.42. The molecule has 4 nitrogen and oxygen atoms in total. The van der Waals surface area contributed by atoms with Crippen LogP contribution in [0.5, 0.6) is 0 Å². The Morgan fingerprint density at radius 3 is 2.50 bits per heavy atom. The van der Waals surface area contributed by atoms with E-state index < -0.39 is 0 Å². The molecule has 2 heterocycles. The van der Waals surface area contributed by atoms with E-state index in [1.165, 1.54) is 0 Å². The van der Waals surface area contributed by atoms with Gasteiger partial charge in [0.25, 0.3) is 0 Å². The molecule has 0 N–H and O–H groups in total. The van der Waals surface area contributed by atoms with E-state index in [4.69, 9.17) is 18.9 Å². The molecule has 2 aliphatic heterocycles. The highest BCUT2D eigenvalue weighted by Crippen LogP contribution is 2.28. The first-order valence-electron chi connectivity index (χ1n) is 7.14. The Balaban J connectivity index is 2.24. The van der Waals surface area contributed by atoms with E-state index in [-0.39, 0.29) is 5.41 Å². The Morgan fingerprint density at radius 2 is 1.70 bits per heavy atom. The van der Waals surface area contributed by atoms with E-state index in [9.17, 15) is 0 Å². The van der Waals surface area contributed by atoms with Crippen molar-refractivity contribution in [2.75, 3.05) is 33.0 Å². The first-order chi connectivity index (χ1) is 9.57. The smallest absolute Gasteiger partial charge is 0.157 e. The van der Waals surface area contributed by atoms with Crippen molar-refractivity contribution in [1.29, 1.82) is 0 Å². The summed E-state index contributed by atoms with van der Waals surface area (Å²) in [6.07, 6.45) is 6.56. The summed E-state index contributed by atoms with van der Waals surface area (Å²) in [5, 5.41) is 0. The maximum absolute atomic E-state index is 5.69. The van der Waals surface area contributed by atoms with Crippen LogP contribution in [0.4, 0.5) is 0 Å². The third-order valence-corrected chi connectivity index (χ3v) is 3.20. The maximum Gasteiger partial charge on any atom is 0.157 e. The lowest BCUT2D eigenvalue weighted by molar-refractivity contribution is 0.0437. The van der Waals surface area contributed by atoms with E-state index in [2.05, 4.69) is 20.8 Å². The average molecular weight is 280 g/mol. The molecule has 0 radical (unpaired) electrons. The molecular weight excluding hydrogens is 256 g/mol. The van der Waals surface area contributed by atoms with Gasteiger partial charge in [0.1, 0.15) is 25.6 Å². The van der Waals surface area contributed by atoms with Crippen LogP contribution in [-0.2, 0) is 18.9 Å². The van der Waals surface area contributed by atoms with Gasteiger partial charge in [-0.05, 0) is 17.1 Å². The Kier molecular flexibility index (Phi) is 5.12. The van der Waals surface area contributed by atoms with Crippen molar-refractivity contribution < 1.29 is 18.9 Å². The summed E-state index contributed by atoms with van der Waals surface area (Å²) in [6, 6.07) is 0. The van der Waals surface area contributed by atoms with Crippen molar-refractivity contribution in [3.05, 3.63) is 35.5 Å². The summed E-state index contributed by atoms with van der Waals surface area (Å²) in [7, 11) is 0. The first kappa shape index (κ1) is 15.0. The fraction of sp³-hybridized carbons (Fsp3) is 0.625. The van der Waals surface area contributed by atoms with Crippen LogP contribution in [0.2, 0.25) is 0 Å². The lowest BCUT2D eigenvalue weighted by atomic mass is 9.87. The van der Waals surface area contributed by atoms with Crippen LogP contribution in [-0.4, -0.2) is 33.0 Å². The summed E-state index contributed by atoms with van der Waals surface area (Å²) >= 11 is 0. The molecule has 112 valence electrons. The highest BCUT2D eigenvalue weighted by Gasteiger charge is 2.18. The highest BCUT2D eigenvalue weighted by atomic mass is 16.6. The number of ether oxygens (including phenoxy) is 4. The lowest BCUT2D eigenvalue weighted by Gasteiger charge is -2.23. The quantitative estimate of drug-likeness (QED) is 0.683. The molecule has 2 aliphatic rings. The van der Waals surface area contributed by atoms with Gasteiger partial charge in [-0.2, -0.15) is 0 Å². The third kappa shape index (κ3) is 4.30. The molecule has 0 aromatic heterocycles. The van der Waals surface area contributed by atoms with Crippen molar-refractivity contribution >= 4 is 0 Å². The van der Waals surface area contributed by atoms with Gasteiger partial charge in [0, 0.05) is 6.42 Å². The summed E-state index contributed by atoms with van der Waals surface area (Å²) in [4.78, 5) is 0. The van der Waals surface area contributed by atoms with Crippen LogP contribution in [0, 0.1) is 5.41 Å². The van der Waals surface area contributed by atoms with Crippen LogP contribution in [0.3, 0.4) is 0 Å². The fourth-order valence-corrected chi connectivity index (χ4v) is 1.96. The Bertz CT molecular complexity index is 413. The van der Waals surface area contributed by atoms with Crippen molar-refractivity contribution in [1.82, 2.24) is 0 Å². The molecule has 4 heteroatoms. The van der Waals surface area contributed by atoms with Gasteiger partial charge in [-0.1, -0.05) is 26.8 Å². The molecule has 0 fully saturated rings. The van der Waals surface area contributed by atoms with Crippen LogP contribution in [0.15, 0.2) is 35.5 Å². The lowest BCUT2D eigenvalue weighted by Crippen LogP contribution is -2.16. The van der Waals surface area contributed by atoms with Crippen LogP contribution >= 0.6 is 0 Å². The molecule has 0 aliphatic carbocycles. The molecule has 0 amide bonds. The van der Waals surface area contributed by atoms with Gasteiger partial charge < -0.3 is 18.9 Å². The Labute approximate surface area is 121 Å². The van der Waals surface area contributed by atoms with Gasteiger partial charge in [-0.15, -0.1) is 0 Å². The van der Waals surface area contributed by atoms with Crippen LogP contribution in [0.1, 0.15) is 27.2 Å². The van der Waals surface area contributed by atoms with Gasteiger partial charge in [-0.25, -0.2) is 0 Å².